The number of carboxylic acids is 1. The van der Waals surface area contributed by atoms with E-state index in [4.69, 9.17) is 10.5 Å². The number of hydrogen-bond donors (Lipinski definition) is 3. The number of nitrogens with zero attached hydrogens (tertiary/aromatic N) is 4. The number of benzene rings is 1. The lowest BCUT2D eigenvalue weighted by Gasteiger charge is -2.23. The molecule has 158 valence electrons. The molecule has 2 aromatic heterocycles. The highest BCUT2D eigenvalue weighted by molar-refractivity contribution is 5.71. The van der Waals surface area contributed by atoms with Crippen LogP contribution in [0.3, 0.4) is 0 Å². The number of aromatic nitrogens is 5. The monoisotopic (exact) mass is 410 g/mol. The molecule has 9 nitrogen and oxygen atoms in total. The summed E-state index contributed by atoms with van der Waals surface area (Å²) in [5.74, 6) is -0.177. The number of ether oxygens (including phenoxy) is 1. The van der Waals surface area contributed by atoms with Gasteiger partial charge in [-0.15, -0.1) is 10.2 Å². The molecule has 30 heavy (non-hydrogen) atoms. The molecule has 0 aliphatic rings. The van der Waals surface area contributed by atoms with Gasteiger partial charge in [0.25, 0.3) is 0 Å². The number of nitrogens with two attached hydrogens (primary N) is 1. The van der Waals surface area contributed by atoms with Crippen LogP contribution in [0.1, 0.15) is 43.1 Å². The predicted molar refractivity (Wildman–Crippen MR) is 110 cm³/mol. The van der Waals surface area contributed by atoms with Crippen molar-refractivity contribution in [3.63, 3.8) is 0 Å². The molecule has 0 saturated heterocycles. The van der Waals surface area contributed by atoms with Crippen molar-refractivity contribution in [1.82, 2.24) is 25.6 Å². The second-order valence-electron chi connectivity index (χ2n) is 7.61. The Morgan fingerprint density at radius 3 is 2.43 bits per heavy atom. The Balaban J connectivity index is 1.75. The zero-order valence-corrected chi connectivity index (χ0v) is 17.0. The molecule has 0 aliphatic carbocycles. The molecular weight excluding hydrogens is 384 g/mol. The van der Waals surface area contributed by atoms with Gasteiger partial charge < -0.3 is 15.6 Å². The molecule has 0 amide bonds. The number of carbonyl (C=O) groups is 1. The Morgan fingerprint density at radius 1 is 1.17 bits per heavy atom. The Hall–Kier alpha value is -3.33. The lowest BCUT2D eigenvalue weighted by Crippen LogP contribution is -2.26. The van der Waals surface area contributed by atoms with E-state index in [0.29, 0.717) is 36.8 Å². The molecule has 1 aromatic carbocycles. The van der Waals surface area contributed by atoms with Crippen LogP contribution in [0, 0.1) is 11.8 Å². The zero-order chi connectivity index (χ0) is 21.5. The first kappa shape index (κ1) is 21.4. The van der Waals surface area contributed by atoms with Gasteiger partial charge in [-0.2, -0.15) is 5.21 Å². The average molecular weight is 410 g/mol. The normalized spacial score (nSPS) is 13.2. The molecule has 0 bridgehead atoms. The summed E-state index contributed by atoms with van der Waals surface area (Å²) in [5, 5.41) is 23.9. The molecular formula is C21H26N6O3. The maximum Gasteiger partial charge on any atom is 0.307 e. The summed E-state index contributed by atoms with van der Waals surface area (Å²) in [4.78, 5) is 16.3. The lowest BCUT2D eigenvalue weighted by molar-refractivity contribution is -0.143. The molecule has 0 spiro atoms. The summed E-state index contributed by atoms with van der Waals surface area (Å²) in [5.41, 5.74) is 7.49. The Morgan fingerprint density at radius 2 is 1.90 bits per heavy atom. The van der Waals surface area contributed by atoms with E-state index in [0.717, 1.165) is 11.1 Å². The minimum absolute atomic E-state index is 0.222. The summed E-state index contributed by atoms with van der Waals surface area (Å²) >= 11 is 0. The topological polar surface area (TPSA) is 140 Å². The van der Waals surface area contributed by atoms with Crippen molar-refractivity contribution in [2.24, 2.45) is 17.6 Å². The highest BCUT2D eigenvalue weighted by atomic mass is 16.5. The van der Waals surface area contributed by atoms with Gasteiger partial charge in [-0.05, 0) is 42.0 Å². The number of pyridine rings is 1. The van der Waals surface area contributed by atoms with Crippen LogP contribution in [0.2, 0.25) is 0 Å². The maximum absolute atomic E-state index is 11.9. The van der Waals surface area contributed by atoms with Crippen LogP contribution in [0.25, 0.3) is 0 Å². The van der Waals surface area contributed by atoms with Gasteiger partial charge in [-0.3, -0.25) is 4.79 Å². The molecule has 4 N–H and O–H groups in total. The number of carboxylic acid groups (broad SMARTS) is 1. The van der Waals surface area contributed by atoms with Gasteiger partial charge in [0.15, 0.2) is 5.82 Å². The molecule has 2 heterocycles. The van der Waals surface area contributed by atoms with Crippen molar-refractivity contribution < 1.29 is 14.6 Å². The van der Waals surface area contributed by atoms with E-state index in [-0.39, 0.29) is 5.92 Å². The van der Waals surface area contributed by atoms with Gasteiger partial charge in [0.2, 0.25) is 5.88 Å². The third-order valence-corrected chi connectivity index (χ3v) is 4.86. The molecule has 2 atom stereocenters. The van der Waals surface area contributed by atoms with E-state index in [1.807, 2.05) is 44.2 Å². The van der Waals surface area contributed by atoms with Crippen LogP contribution in [0.5, 0.6) is 11.6 Å². The highest BCUT2D eigenvalue weighted by Crippen LogP contribution is 2.31. The summed E-state index contributed by atoms with van der Waals surface area (Å²) in [7, 11) is 0. The molecule has 0 aliphatic heterocycles. The number of tetrazole rings is 1. The number of rotatable bonds is 10. The first-order valence-corrected chi connectivity index (χ1v) is 9.84. The first-order chi connectivity index (χ1) is 14.5. The third kappa shape index (κ3) is 5.60. The molecule has 3 rings (SSSR count). The fourth-order valence-electron chi connectivity index (χ4n) is 3.35. The average Bonchev–Trinajstić information content (AvgIpc) is 3.26. The van der Waals surface area contributed by atoms with E-state index in [2.05, 4.69) is 25.6 Å². The SMILES string of the molecule is CC(C)CC(C(=O)O)C(Cc1ccc(Oc2ccc(CN)cc2)nc1)c1nn[nH]n1. The minimum Gasteiger partial charge on any atom is -0.481 e. The summed E-state index contributed by atoms with van der Waals surface area (Å²) in [6.45, 7) is 4.47. The van der Waals surface area contributed by atoms with Gasteiger partial charge in [-0.25, -0.2) is 4.98 Å². The Kier molecular flexibility index (Phi) is 7.08. The van der Waals surface area contributed by atoms with Gasteiger partial charge >= 0.3 is 5.97 Å². The van der Waals surface area contributed by atoms with Crippen molar-refractivity contribution in [2.75, 3.05) is 0 Å². The van der Waals surface area contributed by atoms with Gasteiger partial charge in [0.1, 0.15) is 5.75 Å². The van der Waals surface area contributed by atoms with Crippen LogP contribution in [0.15, 0.2) is 42.6 Å². The van der Waals surface area contributed by atoms with E-state index in [1.54, 1.807) is 12.3 Å². The number of hydrogen-bond acceptors (Lipinski definition) is 7. The van der Waals surface area contributed by atoms with E-state index < -0.39 is 17.8 Å². The standard InChI is InChI=1S/C21H26N6O3/c1-13(2)9-18(21(28)29)17(20-24-26-27-25-20)10-15-5-8-19(23-12-15)30-16-6-3-14(11-22)4-7-16/h3-8,12-13,17-18H,9-11,22H2,1-2H3,(H,28,29)(H,24,25,26,27). The molecule has 3 aromatic rings. The lowest BCUT2D eigenvalue weighted by atomic mass is 9.81. The second kappa shape index (κ2) is 9.93. The zero-order valence-electron chi connectivity index (χ0n) is 17.0. The quantitative estimate of drug-likeness (QED) is 0.463. The first-order valence-electron chi connectivity index (χ1n) is 9.84. The van der Waals surface area contributed by atoms with Gasteiger partial charge in [0, 0.05) is 24.7 Å². The fraction of sp³-hybridized carbons (Fsp3) is 0.381. The fourth-order valence-corrected chi connectivity index (χ4v) is 3.35. The molecule has 0 saturated carbocycles. The van der Waals surface area contributed by atoms with Crippen molar-refractivity contribution in [2.45, 2.75) is 39.2 Å². The van der Waals surface area contributed by atoms with Crippen LogP contribution >= 0.6 is 0 Å². The molecule has 2 unspecified atom stereocenters. The van der Waals surface area contributed by atoms with Crippen molar-refractivity contribution in [1.29, 1.82) is 0 Å². The maximum atomic E-state index is 11.9. The summed E-state index contributed by atoms with van der Waals surface area (Å²) < 4.78 is 5.76. The third-order valence-electron chi connectivity index (χ3n) is 4.86. The van der Waals surface area contributed by atoms with E-state index >= 15 is 0 Å². The Labute approximate surface area is 174 Å². The number of aliphatic carboxylic acids is 1. The highest BCUT2D eigenvalue weighted by Gasteiger charge is 2.33. The minimum atomic E-state index is -0.868. The molecule has 0 radical (unpaired) electrons. The number of nitrogens with one attached hydrogen (secondary N) is 1. The number of aromatic amines is 1. The molecule has 9 heteroatoms. The van der Waals surface area contributed by atoms with Crippen LogP contribution in [-0.2, 0) is 17.8 Å². The van der Waals surface area contributed by atoms with Gasteiger partial charge in [0.05, 0.1) is 5.92 Å². The van der Waals surface area contributed by atoms with Crippen LogP contribution in [-0.4, -0.2) is 36.7 Å². The molecule has 0 fully saturated rings. The van der Waals surface area contributed by atoms with Crippen LogP contribution < -0.4 is 10.5 Å². The van der Waals surface area contributed by atoms with Crippen molar-refractivity contribution in [3.8, 4) is 11.6 Å². The second-order valence-corrected chi connectivity index (χ2v) is 7.61. The largest absolute Gasteiger partial charge is 0.481 e. The summed E-state index contributed by atoms with van der Waals surface area (Å²) in [6.07, 6.45) is 2.63. The van der Waals surface area contributed by atoms with E-state index in [1.165, 1.54) is 0 Å². The predicted octanol–water partition coefficient (Wildman–Crippen LogP) is 2.92. The van der Waals surface area contributed by atoms with Gasteiger partial charge in [-0.1, -0.05) is 37.3 Å². The van der Waals surface area contributed by atoms with Crippen molar-refractivity contribution >= 4 is 5.97 Å². The smallest absolute Gasteiger partial charge is 0.307 e. The van der Waals surface area contributed by atoms with E-state index in [9.17, 15) is 9.90 Å². The van der Waals surface area contributed by atoms with Crippen LogP contribution in [0.4, 0.5) is 0 Å². The summed E-state index contributed by atoms with van der Waals surface area (Å²) in [6, 6.07) is 11.1. The number of H-pyrrole nitrogens is 1. The Bertz CT molecular complexity index is 926. The van der Waals surface area contributed by atoms with Crippen molar-refractivity contribution in [3.05, 3.63) is 59.5 Å².